The normalized spacial score (nSPS) is 28.7. The van der Waals surface area contributed by atoms with Gasteiger partial charge in [0.1, 0.15) is 0 Å². The fraction of sp³-hybridized carbons (Fsp3) is 0.714. The Labute approximate surface area is 118 Å². The number of nitrogens with zero attached hydrogens (tertiary/aromatic N) is 1. The van der Waals surface area contributed by atoms with Gasteiger partial charge in [-0.25, -0.2) is 4.98 Å². The van der Waals surface area contributed by atoms with Crippen LogP contribution in [0.2, 0.25) is 0 Å². The molecule has 1 fully saturated rings. The van der Waals surface area contributed by atoms with E-state index in [0.717, 1.165) is 12.1 Å². The van der Waals surface area contributed by atoms with E-state index in [2.05, 4.69) is 31.1 Å². The van der Waals surface area contributed by atoms with Crippen molar-refractivity contribution >= 4 is 17.2 Å². The molecule has 1 saturated carbocycles. The highest BCUT2D eigenvalue weighted by Gasteiger charge is 2.58. The fourth-order valence-corrected chi connectivity index (χ4v) is 3.19. The Bertz CT molecular complexity index is 444. The molecule has 1 aromatic rings. The molecule has 1 N–H and O–H groups in total. The van der Waals surface area contributed by atoms with Gasteiger partial charge >= 0.3 is 0 Å². The molecular weight excluding hydrogens is 260 g/mol. The molecular formula is C14H22N2O2S. The monoisotopic (exact) mass is 282 g/mol. The van der Waals surface area contributed by atoms with Gasteiger partial charge in [-0.3, -0.25) is 4.79 Å². The molecule has 1 aliphatic rings. The fourth-order valence-electron chi connectivity index (χ4n) is 2.59. The number of nitrogens with one attached hydrogen (secondary N) is 1. The number of hydrogen-bond acceptors (Lipinski definition) is 4. The van der Waals surface area contributed by atoms with Crippen molar-refractivity contribution in [3.63, 3.8) is 0 Å². The molecule has 0 spiro atoms. The minimum absolute atomic E-state index is 0.0297. The number of thiazole rings is 1. The molecule has 5 heteroatoms. The third-order valence-electron chi connectivity index (χ3n) is 4.71. The number of amides is 1. The summed E-state index contributed by atoms with van der Waals surface area (Å²) in [6.07, 6.45) is 2.09. The van der Waals surface area contributed by atoms with Gasteiger partial charge in [-0.1, -0.05) is 13.8 Å². The number of rotatable bonds is 5. The minimum Gasteiger partial charge on any atom is -0.378 e. The van der Waals surface area contributed by atoms with Gasteiger partial charge in [0.25, 0.3) is 0 Å². The standard InChI is InChI=1S/C14H22N2O2S/c1-13(2)11(7-14(13,3)18-4)16-12(17)6-5-10-8-19-9-15-10/h8-9,11H,5-7H2,1-4H3,(H,16,17)/t11-,14-/m0/s1. The van der Waals surface area contributed by atoms with E-state index < -0.39 is 0 Å². The van der Waals surface area contributed by atoms with Crippen molar-refractivity contribution in [3.05, 3.63) is 16.6 Å². The summed E-state index contributed by atoms with van der Waals surface area (Å²) in [7, 11) is 1.74. The summed E-state index contributed by atoms with van der Waals surface area (Å²) in [5.41, 5.74) is 2.62. The number of aryl methyl sites for hydroxylation is 1. The second kappa shape index (κ2) is 5.21. The molecule has 0 unspecified atom stereocenters. The van der Waals surface area contributed by atoms with E-state index in [-0.39, 0.29) is 23.0 Å². The number of aromatic nitrogens is 1. The molecule has 0 bridgehead atoms. The summed E-state index contributed by atoms with van der Waals surface area (Å²) in [5.74, 6) is 0.101. The van der Waals surface area contributed by atoms with Crippen molar-refractivity contribution in [2.24, 2.45) is 5.41 Å². The van der Waals surface area contributed by atoms with Gasteiger partial charge in [-0.2, -0.15) is 0 Å². The molecule has 1 heterocycles. The summed E-state index contributed by atoms with van der Waals surface area (Å²) in [5, 5.41) is 5.10. The Morgan fingerprint density at radius 1 is 1.58 bits per heavy atom. The molecule has 0 aliphatic heterocycles. The number of carbonyl (C=O) groups is 1. The second-order valence-corrected chi connectivity index (χ2v) is 6.68. The van der Waals surface area contributed by atoms with Crippen LogP contribution >= 0.6 is 11.3 Å². The molecule has 1 aliphatic carbocycles. The van der Waals surface area contributed by atoms with Crippen LogP contribution in [0.25, 0.3) is 0 Å². The molecule has 19 heavy (non-hydrogen) atoms. The van der Waals surface area contributed by atoms with E-state index in [9.17, 15) is 4.79 Å². The lowest BCUT2D eigenvalue weighted by Crippen LogP contribution is -2.68. The SMILES string of the molecule is CO[C@@]1(C)C[C@H](NC(=O)CCc2cscn2)C1(C)C. The van der Waals surface area contributed by atoms with Gasteiger partial charge in [0.05, 0.1) is 16.8 Å². The quantitative estimate of drug-likeness (QED) is 0.902. The van der Waals surface area contributed by atoms with E-state index in [1.165, 1.54) is 0 Å². The predicted octanol–water partition coefficient (Wildman–Crippen LogP) is 2.40. The van der Waals surface area contributed by atoms with E-state index in [0.29, 0.717) is 12.8 Å². The maximum Gasteiger partial charge on any atom is 0.220 e. The van der Waals surface area contributed by atoms with Crippen LogP contribution in [0, 0.1) is 5.41 Å². The number of carbonyl (C=O) groups excluding carboxylic acids is 1. The van der Waals surface area contributed by atoms with Gasteiger partial charge in [0, 0.05) is 30.4 Å². The highest BCUT2D eigenvalue weighted by molar-refractivity contribution is 7.07. The third-order valence-corrected chi connectivity index (χ3v) is 5.34. The molecule has 0 radical (unpaired) electrons. The van der Waals surface area contributed by atoms with Gasteiger partial charge in [-0.15, -0.1) is 11.3 Å². The predicted molar refractivity (Wildman–Crippen MR) is 76.2 cm³/mol. The summed E-state index contributed by atoms with van der Waals surface area (Å²) in [4.78, 5) is 16.1. The van der Waals surface area contributed by atoms with Crippen LogP contribution in [-0.2, 0) is 16.0 Å². The van der Waals surface area contributed by atoms with Gasteiger partial charge in [-0.05, 0) is 19.8 Å². The maximum atomic E-state index is 12.0. The summed E-state index contributed by atoms with van der Waals surface area (Å²) in [6, 6.07) is 0.195. The van der Waals surface area contributed by atoms with Crippen LogP contribution in [0.5, 0.6) is 0 Å². The second-order valence-electron chi connectivity index (χ2n) is 5.96. The zero-order valence-corrected chi connectivity index (χ0v) is 12.8. The van der Waals surface area contributed by atoms with Crippen molar-refractivity contribution in [1.82, 2.24) is 10.3 Å². The largest absolute Gasteiger partial charge is 0.378 e. The van der Waals surface area contributed by atoms with Gasteiger partial charge in [0.2, 0.25) is 5.91 Å². The van der Waals surface area contributed by atoms with Gasteiger partial charge < -0.3 is 10.1 Å². The van der Waals surface area contributed by atoms with Crippen molar-refractivity contribution in [3.8, 4) is 0 Å². The van der Waals surface area contributed by atoms with Crippen LogP contribution < -0.4 is 5.32 Å². The summed E-state index contributed by atoms with van der Waals surface area (Å²) < 4.78 is 5.56. The van der Waals surface area contributed by atoms with E-state index in [1.54, 1.807) is 24.0 Å². The molecule has 0 aromatic carbocycles. The molecule has 1 amide bonds. The molecule has 2 atom stereocenters. The van der Waals surface area contributed by atoms with Crippen LogP contribution in [0.3, 0.4) is 0 Å². The average molecular weight is 282 g/mol. The van der Waals surface area contributed by atoms with E-state index >= 15 is 0 Å². The van der Waals surface area contributed by atoms with Crippen molar-refractivity contribution < 1.29 is 9.53 Å². The zero-order valence-electron chi connectivity index (χ0n) is 12.0. The Kier molecular flexibility index (Phi) is 3.97. The smallest absolute Gasteiger partial charge is 0.220 e. The Morgan fingerprint density at radius 2 is 2.32 bits per heavy atom. The molecule has 0 saturated heterocycles. The molecule has 4 nitrogen and oxygen atoms in total. The topological polar surface area (TPSA) is 51.2 Å². The first kappa shape index (κ1) is 14.5. The van der Waals surface area contributed by atoms with Crippen LogP contribution in [-0.4, -0.2) is 29.6 Å². The Morgan fingerprint density at radius 3 is 2.84 bits per heavy atom. The molecule has 2 rings (SSSR count). The first-order valence-electron chi connectivity index (χ1n) is 6.60. The summed E-state index contributed by atoms with van der Waals surface area (Å²) in [6.45, 7) is 6.39. The first-order valence-corrected chi connectivity index (χ1v) is 7.55. The van der Waals surface area contributed by atoms with Gasteiger partial charge in [0.15, 0.2) is 0 Å². The summed E-state index contributed by atoms with van der Waals surface area (Å²) >= 11 is 1.56. The average Bonchev–Trinajstić information content (AvgIpc) is 2.88. The number of hydrogen-bond donors (Lipinski definition) is 1. The highest BCUT2D eigenvalue weighted by atomic mass is 32.1. The number of methoxy groups -OCH3 is 1. The lowest BCUT2D eigenvalue weighted by molar-refractivity contribution is -0.182. The zero-order chi connectivity index (χ0) is 14.1. The van der Waals surface area contributed by atoms with E-state index in [1.807, 2.05) is 5.38 Å². The highest BCUT2D eigenvalue weighted by Crippen LogP contribution is 2.51. The lowest BCUT2D eigenvalue weighted by atomic mass is 9.56. The molecule has 106 valence electrons. The maximum absolute atomic E-state index is 12.0. The van der Waals surface area contributed by atoms with E-state index in [4.69, 9.17) is 4.74 Å². The van der Waals surface area contributed by atoms with Crippen molar-refractivity contribution in [1.29, 1.82) is 0 Å². The Balaban J connectivity index is 1.81. The lowest BCUT2D eigenvalue weighted by Gasteiger charge is -2.59. The van der Waals surface area contributed by atoms with Crippen molar-refractivity contribution in [2.45, 2.75) is 51.7 Å². The van der Waals surface area contributed by atoms with Crippen LogP contribution in [0.4, 0.5) is 0 Å². The van der Waals surface area contributed by atoms with Crippen LogP contribution in [0.15, 0.2) is 10.9 Å². The first-order chi connectivity index (χ1) is 8.89. The minimum atomic E-state index is -0.139. The number of ether oxygens (including phenoxy) is 1. The Hall–Kier alpha value is -0.940. The van der Waals surface area contributed by atoms with Crippen LogP contribution in [0.1, 0.15) is 39.3 Å². The third kappa shape index (κ3) is 2.67. The molecule has 1 aromatic heterocycles. The van der Waals surface area contributed by atoms with Crippen molar-refractivity contribution in [2.75, 3.05) is 7.11 Å².